The van der Waals surface area contributed by atoms with Gasteiger partial charge in [0.1, 0.15) is 0 Å². The molecule has 21 heavy (non-hydrogen) atoms. The third-order valence-corrected chi connectivity index (χ3v) is 3.56. The zero-order valence-corrected chi connectivity index (χ0v) is 12.1. The lowest BCUT2D eigenvalue weighted by Gasteiger charge is -2.10. The number of nitrogens with zero attached hydrogens (tertiary/aromatic N) is 3. The summed E-state index contributed by atoms with van der Waals surface area (Å²) in [5, 5.41) is 5.40. The fraction of sp³-hybridized carbons (Fsp3) is 0.250. The molecule has 3 aromatic rings. The summed E-state index contributed by atoms with van der Waals surface area (Å²) in [4.78, 5) is 11.9. The first-order valence-corrected chi connectivity index (χ1v) is 6.85. The fourth-order valence-electron chi connectivity index (χ4n) is 2.33. The number of fused-ring (bicyclic) bond motifs is 1. The molecule has 0 amide bonds. The lowest BCUT2D eigenvalue weighted by atomic mass is 10.2. The minimum absolute atomic E-state index is 0.0442. The van der Waals surface area contributed by atoms with Crippen LogP contribution in [0.15, 0.2) is 53.6 Å². The first-order chi connectivity index (χ1) is 10.2. The van der Waals surface area contributed by atoms with Crippen molar-refractivity contribution in [2.24, 2.45) is 0 Å². The smallest absolute Gasteiger partial charge is 0.255 e. The van der Waals surface area contributed by atoms with E-state index in [0.717, 1.165) is 16.6 Å². The minimum Gasteiger partial charge on any atom is -0.380 e. The Balaban J connectivity index is 2.03. The van der Waals surface area contributed by atoms with Crippen LogP contribution in [0.4, 0.5) is 0 Å². The molecule has 0 aliphatic rings. The molecular weight excluding hydrogens is 266 g/mol. The summed E-state index contributed by atoms with van der Waals surface area (Å²) in [7, 11) is 1.69. The van der Waals surface area contributed by atoms with E-state index in [1.165, 1.54) is 0 Å². The highest BCUT2D eigenvalue weighted by Gasteiger charge is 2.08. The van der Waals surface area contributed by atoms with Gasteiger partial charge in [-0.05, 0) is 31.2 Å². The zero-order valence-electron chi connectivity index (χ0n) is 12.1. The van der Waals surface area contributed by atoms with Crippen molar-refractivity contribution >= 4 is 10.9 Å². The minimum atomic E-state index is -0.0442. The van der Waals surface area contributed by atoms with Crippen LogP contribution in [0.3, 0.4) is 0 Å². The molecule has 0 fully saturated rings. The predicted octanol–water partition coefficient (Wildman–Crippen LogP) is 2.22. The topological polar surface area (TPSA) is 49.0 Å². The maximum absolute atomic E-state index is 11.9. The number of aromatic nitrogens is 3. The Morgan fingerprint density at radius 1 is 1.29 bits per heavy atom. The van der Waals surface area contributed by atoms with E-state index in [2.05, 4.69) is 5.10 Å². The molecule has 0 radical (unpaired) electrons. The molecule has 0 N–H and O–H groups in total. The average molecular weight is 283 g/mol. The summed E-state index contributed by atoms with van der Waals surface area (Å²) in [6, 6.07) is 11.0. The Morgan fingerprint density at radius 2 is 2.14 bits per heavy atom. The van der Waals surface area contributed by atoms with Gasteiger partial charge < -0.3 is 4.74 Å². The fourth-order valence-corrected chi connectivity index (χ4v) is 2.33. The van der Waals surface area contributed by atoms with Gasteiger partial charge in [0.2, 0.25) is 0 Å². The van der Waals surface area contributed by atoms with Gasteiger partial charge in [0.25, 0.3) is 5.56 Å². The molecule has 3 rings (SSSR count). The molecule has 0 saturated carbocycles. The Morgan fingerprint density at radius 3 is 2.90 bits per heavy atom. The van der Waals surface area contributed by atoms with Crippen molar-refractivity contribution in [1.29, 1.82) is 0 Å². The van der Waals surface area contributed by atoms with Crippen molar-refractivity contribution in [2.45, 2.75) is 19.6 Å². The number of hydrogen-bond donors (Lipinski definition) is 0. The van der Waals surface area contributed by atoms with Crippen LogP contribution < -0.4 is 5.56 Å². The first-order valence-electron chi connectivity index (χ1n) is 6.85. The molecule has 108 valence electrons. The molecule has 2 heterocycles. The number of hydrogen-bond acceptors (Lipinski definition) is 3. The number of methoxy groups -OCH3 is 1. The van der Waals surface area contributed by atoms with E-state index in [0.29, 0.717) is 6.54 Å². The maximum Gasteiger partial charge on any atom is 0.255 e. The van der Waals surface area contributed by atoms with Crippen LogP contribution in [-0.4, -0.2) is 27.6 Å². The van der Waals surface area contributed by atoms with Gasteiger partial charge in [-0.1, -0.05) is 6.07 Å². The van der Waals surface area contributed by atoms with Crippen LogP contribution in [0.2, 0.25) is 0 Å². The van der Waals surface area contributed by atoms with E-state index in [9.17, 15) is 4.79 Å². The second kappa shape index (κ2) is 5.54. The van der Waals surface area contributed by atoms with Gasteiger partial charge in [0.05, 0.1) is 24.4 Å². The SMILES string of the molecule is COC(C)Cn1ncc2cc(-n3ccccc3=O)ccc21. The monoisotopic (exact) mass is 283 g/mol. The van der Waals surface area contributed by atoms with Crippen molar-refractivity contribution in [2.75, 3.05) is 7.11 Å². The highest BCUT2D eigenvalue weighted by molar-refractivity contribution is 5.80. The van der Waals surface area contributed by atoms with Crippen molar-refractivity contribution in [3.8, 4) is 5.69 Å². The van der Waals surface area contributed by atoms with Crippen LogP contribution in [0.5, 0.6) is 0 Å². The summed E-state index contributed by atoms with van der Waals surface area (Å²) < 4.78 is 8.81. The molecule has 0 aliphatic carbocycles. The zero-order chi connectivity index (χ0) is 14.8. The maximum atomic E-state index is 11.9. The second-order valence-electron chi connectivity index (χ2n) is 5.02. The summed E-state index contributed by atoms with van der Waals surface area (Å²) in [6.45, 7) is 2.70. The van der Waals surface area contributed by atoms with Gasteiger partial charge in [0.15, 0.2) is 0 Å². The number of ether oxygens (including phenoxy) is 1. The third-order valence-electron chi connectivity index (χ3n) is 3.56. The summed E-state index contributed by atoms with van der Waals surface area (Å²) >= 11 is 0. The number of pyridine rings is 1. The normalized spacial score (nSPS) is 12.7. The van der Waals surface area contributed by atoms with Crippen LogP contribution >= 0.6 is 0 Å². The van der Waals surface area contributed by atoms with Crippen LogP contribution in [0, 0.1) is 0 Å². The quantitative estimate of drug-likeness (QED) is 0.737. The Labute approximate surface area is 122 Å². The van der Waals surface area contributed by atoms with E-state index in [4.69, 9.17) is 4.74 Å². The first kappa shape index (κ1) is 13.6. The highest BCUT2D eigenvalue weighted by Crippen LogP contribution is 2.18. The van der Waals surface area contributed by atoms with Crippen molar-refractivity contribution in [3.05, 3.63) is 59.1 Å². The molecule has 1 aromatic carbocycles. The molecule has 0 bridgehead atoms. The van der Waals surface area contributed by atoms with Crippen LogP contribution in [0.1, 0.15) is 6.92 Å². The van der Waals surface area contributed by atoms with Gasteiger partial charge in [-0.25, -0.2) is 0 Å². The standard InChI is InChI=1S/C16H17N3O2/c1-12(21-2)11-19-15-7-6-14(9-13(15)10-17-19)18-8-4-3-5-16(18)20/h3-10,12H,11H2,1-2H3. The van der Waals surface area contributed by atoms with Gasteiger partial charge in [-0.15, -0.1) is 0 Å². The molecular formula is C16H17N3O2. The largest absolute Gasteiger partial charge is 0.380 e. The van der Waals surface area contributed by atoms with Crippen LogP contribution in [0.25, 0.3) is 16.6 Å². The third kappa shape index (κ3) is 2.60. The van der Waals surface area contributed by atoms with Crippen molar-refractivity contribution in [1.82, 2.24) is 14.3 Å². The number of rotatable bonds is 4. The lowest BCUT2D eigenvalue weighted by Crippen LogP contribution is -2.16. The van der Waals surface area contributed by atoms with E-state index in [-0.39, 0.29) is 11.7 Å². The predicted molar refractivity (Wildman–Crippen MR) is 81.8 cm³/mol. The van der Waals surface area contributed by atoms with E-state index in [1.807, 2.05) is 42.1 Å². The summed E-state index contributed by atoms with van der Waals surface area (Å²) in [5.74, 6) is 0. The molecule has 1 unspecified atom stereocenters. The second-order valence-corrected chi connectivity index (χ2v) is 5.02. The average Bonchev–Trinajstić information content (AvgIpc) is 2.90. The Bertz CT molecular complexity index is 820. The van der Waals surface area contributed by atoms with Crippen molar-refractivity contribution < 1.29 is 4.74 Å². The molecule has 0 aliphatic heterocycles. The van der Waals surface area contributed by atoms with Gasteiger partial charge >= 0.3 is 0 Å². The summed E-state index contributed by atoms with van der Waals surface area (Å²) in [6.07, 6.45) is 3.68. The Hall–Kier alpha value is -2.40. The molecule has 5 nitrogen and oxygen atoms in total. The van der Waals surface area contributed by atoms with Crippen LogP contribution in [-0.2, 0) is 11.3 Å². The van der Waals surface area contributed by atoms with Gasteiger partial charge in [-0.2, -0.15) is 5.10 Å². The molecule has 2 aromatic heterocycles. The molecule has 1 atom stereocenters. The van der Waals surface area contributed by atoms with Crippen molar-refractivity contribution in [3.63, 3.8) is 0 Å². The molecule has 0 saturated heterocycles. The number of benzene rings is 1. The van der Waals surface area contributed by atoms with E-state index < -0.39 is 0 Å². The van der Waals surface area contributed by atoms with E-state index in [1.54, 1.807) is 30.0 Å². The summed E-state index contributed by atoms with van der Waals surface area (Å²) in [5.41, 5.74) is 1.83. The molecule has 5 heteroatoms. The van der Waals surface area contributed by atoms with E-state index >= 15 is 0 Å². The van der Waals surface area contributed by atoms with Gasteiger partial charge in [0, 0.05) is 30.4 Å². The Kier molecular flexibility index (Phi) is 3.58. The van der Waals surface area contributed by atoms with Gasteiger partial charge in [-0.3, -0.25) is 14.0 Å². The lowest BCUT2D eigenvalue weighted by molar-refractivity contribution is 0.101. The molecule has 0 spiro atoms. The highest BCUT2D eigenvalue weighted by atomic mass is 16.5.